The summed E-state index contributed by atoms with van der Waals surface area (Å²) < 4.78 is 0. The second-order valence-corrected chi connectivity index (χ2v) is 6.91. The third-order valence-corrected chi connectivity index (χ3v) is 4.82. The zero-order valence-corrected chi connectivity index (χ0v) is 13.3. The molecule has 0 radical (unpaired) electrons. The van der Waals surface area contributed by atoms with E-state index in [-0.39, 0.29) is 0 Å². The van der Waals surface area contributed by atoms with E-state index >= 15 is 0 Å². The summed E-state index contributed by atoms with van der Waals surface area (Å²) in [5.74, 6) is 0. The Kier molecular flexibility index (Phi) is 6.04. The summed E-state index contributed by atoms with van der Waals surface area (Å²) in [7, 11) is 4.26. The average Bonchev–Trinajstić information content (AvgIpc) is 3.03. The first-order valence-corrected chi connectivity index (χ1v) is 8.48. The summed E-state index contributed by atoms with van der Waals surface area (Å²) in [5, 5.41) is 7.92. The molecule has 19 heavy (non-hydrogen) atoms. The molecule has 0 unspecified atom stereocenters. The molecule has 0 aliphatic carbocycles. The van der Waals surface area contributed by atoms with E-state index in [0.29, 0.717) is 0 Å². The Hall–Kier alpha value is -0.680. The lowest BCUT2D eigenvalue weighted by atomic mass is 10.2. The molecular formula is C15H22N2S2. The minimum atomic E-state index is 0.998. The van der Waals surface area contributed by atoms with E-state index in [2.05, 4.69) is 53.3 Å². The zero-order valence-electron chi connectivity index (χ0n) is 11.7. The van der Waals surface area contributed by atoms with Crippen molar-refractivity contribution in [3.05, 3.63) is 33.8 Å². The van der Waals surface area contributed by atoms with Crippen molar-refractivity contribution >= 4 is 22.7 Å². The highest BCUT2D eigenvalue weighted by atomic mass is 32.1. The summed E-state index contributed by atoms with van der Waals surface area (Å²) in [5.41, 5.74) is 1.37. The Balaban J connectivity index is 1.67. The molecule has 1 N–H and O–H groups in total. The summed E-state index contributed by atoms with van der Waals surface area (Å²) >= 11 is 3.66. The molecule has 2 rings (SSSR count). The van der Waals surface area contributed by atoms with Crippen molar-refractivity contribution in [3.8, 4) is 10.4 Å². The number of thiophene rings is 2. The number of unbranched alkanes of at least 4 members (excludes halogenated alkanes) is 1. The molecule has 0 aliphatic rings. The van der Waals surface area contributed by atoms with Crippen LogP contribution in [0.25, 0.3) is 10.4 Å². The second-order valence-electron chi connectivity index (χ2n) is 4.97. The van der Waals surface area contributed by atoms with E-state index in [1.165, 1.54) is 34.7 Å². The van der Waals surface area contributed by atoms with E-state index < -0.39 is 0 Å². The molecule has 0 fully saturated rings. The zero-order chi connectivity index (χ0) is 13.5. The minimum absolute atomic E-state index is 0.998. The molecule has 4 heteroatoms. The molecule has 0 aliphatic heterocycles. The van der Waals surface area contributed by atoms with Crippen LogP contribution in [0.1, 0.15) is 17.7 Å². The highest BCUT2D eigenvalue weighted by Gasteiger charge is 2.02. The van der Waals surface area contributed by atoms with Gasteiger partial charge in [0, 0.05) is 21.9 Å². The monoisotopic (exact) mass is 294 g/mol. The normalized spacial score (nSPS) is 11.3. The Morgan fingerprint density at radius 3 is 2.84 bits per heavy atom. The Labute approximate surface area is 124 Å². The van der Waals surface area contributed by atoms with Gasteiger partial charge < -0.3 is 10.2 Å². The molecule has 0 saturated heterocycles. The molecule has 2 heterocycles. The summed E-state index contributed by atoms with van der Waals surface area (Å²) in [6, 6.07) is 6.61. The smallest absolute Gasteiger partial charge is 0.0351 e. The third-order valence-electron chi connectivity index (χ3n) is 2.97. The van der Waals surface area contributed by atoms with Gasteiger partial charge in [-0.05, 0) is 62.9 Å². The lowest BCUT2D eigenvalue weighted by Gasteiger charge is -2.08. The third kappa shape index (κ3) is 5.07. The maximum absolute atomic E-state index is 3.53. The van der Waals surface area contributed by atoms with Crippen LogP contribution in [-0.2, 0) is 6.54 Å². The maximum Gasteiger partial charge on any atom is 0.0351 e. The average molecular weight is 294 g/mol. The highest BCUT2D eigenvalue weighted by Crippen LogP contribution is 2.29. The van der Waals surface area contributed by atoms with Crippen LogP contribution in [0, 0.1) is 0 Å². The van der Waals surface area contributed by atoms with Gasteiger partial charge in [0.25, 0.3) is 0 Å². The predicted octanol–water partition coefficient (Wildman–Crippen LogP) is 3.91. The van der Waals surface area contributed by atoms with Crippen molar-refractivity contribution < 1.29 is 0 Å². The predicted molar refractivity (Wildman–Crippen MR) is 87.1 cm³/mol. The summed E-state index contributed by atoms with van der Waals surface area (Å²) in [6.45, 7) is 3.29. The van der Waals surface area contributed by atoms with Crippen LogP contribution in [0.15, 0.2) is 29.0 Å². The molecule has 2 aromatic rings. The number of rotatable bonds is 8. The molecule has 0 saturated carbocycles. The first-order valence-electron chi connectivity index (χ1n) is 6.72. The molecule has 0 spiro atoms. The van der Waals surface area contributed by atoms with Crippen molar-refractivity contribution in [2.24, 2.45) is 0 Å². The van der Waals surface area contributed by atoms with E-state index in [0.717, 1.165) is 13.1 Å². The standard InChI is InChI=1S/C15H22N2S2/c1-17(2)8-4-3-7-16-11-14-10-13(12-19-14)15-6-5-9-18-15/h5-6,9-10,12,16H,3-4,7-8,11H2,1-2H3. The number of nitrogens with one attached hydrogen (secondary N) is 1. The van der Waals surface area contributed by atoms with Crippen molar-refractivity contribution in [1.29, 1.82) is 0 Å². The van der Waals surface area contributed by atoms with Gasteiger partial charge in [-0.2, -0.15) is 0 Å². The molecular weight excluding hydrogens is 272 g/mol. The van der Waals surface area contributed by atoms with Crippen LogP contribution in [0.5, 0.6) is 0 Å². The van der Waals surface area contributed by atoms with Gasteiger partial charge in [0.2, 0.25) is 0 Å². The van der Waals surface area contributed by atoms with Gasteiger partial charge in [-0.25, -0.2) is 0 Å². The first kappa shape index (κ1) is 14.7. The fourth-order valence-corrected chi connectivity index (χ4v) is 3.58. The van der Waals surface area contributed by atoms with Crippen LogP contribution < -0.4 is 5.32 Å². The highest BCUT2D eigenvalue weighted by molar-refractivity contribution is 7.14. The van der Waals surface area contributed by atoms with Crippen LogP contribution >= 0.6 is 22.7 Å². The van der Waals surface area contributed by atoms with Gasteiger partial charge in [-0.3, -0.25) is 0 Å². The van der Waals surface area contributed by atoms with Gasteiger partial charge >= 0.3 is 0 Å². The van der Waals surface area contributed by atoms with Gasteiger partial charge in [0.05, 0.1) is 0 Å². The molecule has 0 aromatic carbocycles. The van der Waals surface area contributed by atoms with Crippen LogP contribution in [0.3, 0.4) is 0 Å². The van der Waals surface area contributed by atoms with Crippen molar-refractivity contribution in [2.75, 3.05) is 27.2 Å². The Bertz CT molecular complexity index is 460. The summed E-state index contributed by atoms with van der Waals surface area (Å²) in [6.07, 6.45) is 2.52. The number of hydrogen-bond acceptors (Lipinski definition) is 4. The van der Waals surface area contributed by atoms with E-state index in [9.17, 15) is 0 Å². The van der Waals surface area contributed by atoms with Crippen LogP contribution in [0.4, 0.5) is 0 Å². The second kappa shape index (κ2) is 7.80. The fourth-order valence-electron chi connectivity index (χ4n) is 1.93. The van der Waals surface area contributed by atoms with E-state index in [1.54, 1.807) is 0 Å². The van der Waals surface area contributed by atoms with E-state index in [1.807, 2.05) is 22.7 Å². The maximum atomic E-state index is 3.53. The van der Waals surface area contributed by atoms with Crippen molar-refractivity contribution in [2.45, 2.75) is 19.4 Å². The van der Waals surface area contributed by atoms with Crippen LogP contribution in [0.2, 0.25) is 0 Å². The first-order chi connectivity index (χ1) is 9.25. The lowest BCUT2D eigenvalue weighted by molar-refractivity contribution is 0.392. The summed E-state index contributed by atoms with van der Waals surface area (Å²) in [4.78, 5) is 5.04. The number of nitrogens with zero attached hydrogens (tertiary/aromatic N) is 1. The van der Waals surface area contributed by atoms with Gasteiger partial charge in [-0.15, -0.1) is 22.7 Å². The molecule has 2 nitrogen and oxygen atoms in total. The quantitative estimate of drug-likeness (QED) is 0.743. The van der Waals surface area contributed by atoms with Crippen molar-refractivity contribution in [3.63, 3.8) is 0 Å². The topological polar surface area (TPSA) is 15.3 Å². The SMILES string of the molecule is CN(C)CCCCNCc1cc(-c2cccs2)cs1. The Morgan fingerprint density at radius 2 is 2.11 bits per heavy atom. The Morgan fingerprint density at radius 1 is 1.21 bits per heavy atom. The van der Waals surface area contributed by atoms with Gasteiger partial charge in [-0.1, -0.05) is 6.07 Å². The molecule has 104 valence electrons. The minimum Gasteiger partial charge on any atom is -0.312 e. The molecule has 0 amide bonds. The van der Waals surface area contributed by atoms with Gasteiger partial charge in [0.1, 0.15) is 0 Å². The molecule has 2 aromatic heterocycles. The van der Waals surface area contributed by atoms with E-state index in [4.69, 9.17) is 0 Å². The lowest BCUT2D eigenvalue weighted by Crippen LogP contribution is -2.17. The number of hydrogen-bond donors (Lipinski definition) is 1. The van der Waals surface area contributed by atoms with Crippen LogP contribution in [-0.4, -0.2) is 32.1 Å². The van der Waals surface area contributed by atoms with Crippen molar-refractivity contribution in [1.82, 2.24) is 10.2 Å². The molecule has 0 bridgehead atoms. The van der Waals surface area contributed by atoms with Gasteiger partial charge in [0.15, 0.2) is 0 Å². The molecule has 0 atom stereocenters. The fraction of sp³-hybridized carbons (Fsp3) is 0.467. The largest absolute Gasteiger partial charge is 0.312 e.